The molecule has 25 heavy (non-hydrogen) atoms. The Morgan fingerprint density at radius 1 is 0.960 bits per heavy atom. The molecule has 0 bridgehead atoms. The van der Waals surface area contributed by atoms with Gasteiger partial charge < -0.3 is 15.5 Å². The molecule has 2 heterocycles. The number of nitrogens with one attached hydrogen (secondary N) is 2. The fourth-order valence-corrected chi connectivity index (χ4v) is 4.86. The topological polar surface area (TPSA) is 77.0 Å². The van der Waals surface area contributed by atoms with Crippen LogP contribution in [-0.2, 0) is 10.0 Å². The van der Waals surface area contributed by atoms with Gasteiger partial charge in [-0.05, 0) is 45.3 Å². The first kappa shape index (κ1) is 22.9. The fourth-order valence-electron chi connectivity index (χ4n) is 3.33. The number of rotatable bonds is 7. The molecule has 0 aromatic heterocycles. The number of aliphatic imine (C=N–C) groups is 1. The minimum absolute atomic E-state index is 0. The molecule has 2 aliphatic rings. The normalized spacial score (nSPS) is 22.2. The largest absolute Gasteiger partial charge is 0.356 e. The van der Waals surface area contributed by atoms with Crippen molar-refractivity contribution in [3.8, 4) is 0 Å². The Morgan fingerprint density at radius 2 is 1.64 bits per heavy atom. The van der Waals surface area contributed by atoms with Gasteiger partial charge in [0.25, 0.3) is 0 Å². The van der Waals surface area contributed by atoms with Crippen LogP contribution in [0.4, 0.5) is 0 Å². The van der Waals surface area contributed by atoms with Gasteiger partial charge >= 0.3 is 0 Å². The van der Waals surface area contributed by atoms with Gasteiger partial charge in [-0.1, -0.05) is 12.8 Å². The SMILES string of the molecule is CN=C(NCCCN1CCCCCC1)NCCN1CCCS1(=O)=O.I. The maximum Gasteiger partial charge on any atom is 0.214 e. The molecule has 0 saturated carbocycles. The van der Waals surface area contributed by atoms with E-state index in [1.54, 1.807) is 11.4 Å². The lowest BCUT2D eigenvalue weighted by Gasteiger charge is -2.20. The van der Waals surface area contributed by atoms with Crippen LogP contribution in [0, 0.1) is 0 Å². The van der Waals surface area contributed by atoms with Crippen LogP contribution in [0.2, 0.25) is 0 Å². The molecule has 0 aromatic carbocycles. The number of likely N-dealkylation sites (tertiary alicyclic amines) is 1. The average Bonchev–Trinajstić information content (AvgIpc) is 2.77. The quantitative estimate of drug-likeness (QED) is 0.243. The highest BCUT2D eigenvalue weighted by atomic mass is 127. The Balaban J connectivity index is 0.00000312. The van der Waals surface area contributed by atoms with Crippen LogP contribution < -0.4 is 10.6 Å². The highest BCUT2D eigenvalue weighted by Crippen LogP contribution is 2.11. The van der Waals surface area contributed by atoms with Crippen molar-refractivity contribution < 1.29 is 8.42 Å². The average molecular weight is 487 g/mol. The second kappa shape index (κ2) is 12.3. The molecule has 2 aliphatic heterocycles. The number of hydrogen-bond acceptors (Lipinski definition) is 4. The Labute approximate surface area is 170 Å². The number of nitrogens with zero attached hydrogens (tertiary/aromatic N) is 3. The van der Waals surface area contributed by atoms with Gasteiger partial charge in [0.2, 0.25) is 10.0 Å². The zero-order valence-corrected chi connectivity index (χ0v) is 18.5. The highest BCUT2D eigenvalue weighted by molar-refractivity contribution is 14.0. The first-order valence-corrected chi connectivity index (χ1v) is 10.9. The molecule has 7 nitrogen and oxygen atoms in total. The third kappa shape index (κ3) is 8.40. The maximum atomic E-state index is 11.7. The Hall–Kier alpha value is -0.130. The summed E-state index contributed by atoms with van der Waals surface area (Å²) >= 11 is 0. The maximum absolute atomic E-state index is 11.7. The minimum Gasteiger partial charge on any atom is -0.356 e. The van der Waals surface area contributed by atoms with Crippen molar-refractivity contribution in [3.05, 3.63) is 0 Å². The summed E-state index contributed by atoms with van der Waals surface area (Å²) in [6.07, 6.45) is 7.25. The van der Waals surface area contributed by atoms with Crippen molar-refractivity contribution in [2.45, 2.75) is 38.5 Å². The number of sulfonamides is 1. The third-order valence-corrected chi connectivity index (χ3v) is 6.68. The molecule has 0 unspecified atom stereocenters. The minimum atomic E-state index is -3.00. The lowest BCUT2D eigenvalue weighted by Crippen LogP contribution is -2.42. The number of hydrogen-bond donors (Lipinski definition) is 2. The lowest BCUT2D eigenvalue weighted by molar-refractivity contribution is 0.282. The van der Waals surface area contributed by atoms with Gasteiger partial charge in [-0.25, -0.2) is 12.7 Å². The molecule has 0 radical (unpaired) electrons. The molecule has 2 saturated heterocycles. The Morgan fingerprint density at radius 3 is 2.24 bits per heavy atom. The molecule has 0 atom stereocenters. The molecule has 9 heteroatoms. The van der Waals surface area contributed by atoms with Gasteiger partial charge in [0.1, 0.15) is 0 Å². The molecule has 0 spiro atoms. The monoisotopic (exact) mass is 487 g/mol. The van der Waals surface area contributed by atoms with E-state index in [1.807, 2.05) is 0 Å². The van der Waals surface area contributed by atoms with Crippen LogP contribution in [-0.4, -0.2) is 82.2 Å². The molecule has 2 fully saturated rings. The van der Waals surface area contributed by atoms with Crippen LogP contribution in [0.3, 0.4) is 0 Å². The van der Waals surface area contributed by atoms with E-state index in [0.717, 1.165) is 31.9 Å². The second-order valence-corrected chi connectivity index (χ2v) is 8.69. The summed E-state index contributed by atoms with van der Waals surface area (Å²) in [7, 11) is -1.25. The standard InChI is InChI=1S/C16H33N5O2S.HI/c1-17-16(19-9-14-21-13-7-15-24(21,22)23)18-8-6-12-20-10-4-2-3-5-11-20;/h2-15H2,1H3,(H2,17,18,19);1H. The summed E-state index contributed by atoms with van der Waals surface area (Å²) in [5, 5.41) is 6.52. The predicted octanol–water partition coefficient (Wildman–Crippen LogP) is 1.07. The first-order valence-electron chi connectivity index (χ1n) is 9.26. The van der Waals surface area contributed by atoms with Gasteiger partial charge in [-0.3, -0.25) is 4.99 Å². The van der Waals surface area contributed by atoms with Crippen molar-refractivity contribution in [1.82, 2.24) is 19.8 Å². The summed E-state index contributed by atoms with van der Waals surface area (Å²) < 4.78 is 25.0. The summed E-state index contributed by atoms with van der Waals surface area (Å²) in [5.41, 5.74) is 0. The van der Waals surface area contributed by atoms with E-state index in [-0.39, 0.29) is 29.7 Å². The Bertz CT molecular complexity index is 493. The van der Waals surface area contributed by atoms with Crippen molar-refractivity contribution in [2.24, 2.45) is 4.99 Å². The number of guanidine groups is 1. The van der Waals surface area contributed by atoms with E-state index in [9.17, 15) is 8.42 Å². The number of halogens is 1. The molecule has 0 aliphatic carbocycles. The zero-order valence-electron chi connectivity index (χ0n) is 15.4. The van der Waals surface area contributed by atoms with Crippen LogP contribution in [0.25, 0.3) is 0 Å². The van der Waals surface area contributed by atoms with Crippen LogP contribution >= 0.6 is 24.0 Å². The third-order valence-electron chi connectivity index (χ3n) is 4.72. The molecule has 0 amide bonds. The van der Waals surface area contributed by atoms with Gasteiger partial charge in [0.15, 0.2) is 5.96 Å². The van der Waals surface area contributed by atoms with Crippen LogP contribution in [0.5, 0.6) is 0 Å². The molecule has 2 N–H and O–H groups in total. The Kier molecular flexibility index (Phi) is 11.3. The zero-order chi connectivity index (χ0) is 17.3. The van der Waals surface area contributed by atoms with E-state index in [2.05, 4.69) is 20.5 Å². The van der Waals surface area contributed by atoms with Gasteiger partial charge in [-0.15, -0.1) is 24.0 Å². The van der Waals surface area contributed by atoms with E-state index in [1.165, 1.54) is 38.8 Å². The van der Waals surface area contributed by atoms with E-state index < -0.39 is 10.0 Å². The summed E-state index contributed by atoms with van der Waals surface area (Å²) in [4.78, 5) is 6.76. The van der Waals surface area contributed by atoms with Crippen molar-refractivity contribution in [1.29, 1.82) is 0 Å². The van der Waals surface area contributed by atoms with Crippen LogP contribution in [0.15, 0.2) is 4.99 Å². The molecular weight excluding hydrogens is 453 g/mol. The van der Waals surface area contributed by atoms with Crippen molar-refractivity contribution in [3.63, 3.8) is 0 Å². The highest BCUT2D eigenvalue weighted by Gasteiger charge is 2.27. The van der Waals surface area contributed by atoms with Crippen molar-refractivity contribution in [2.75, 3.05) is 58.6 Å². The van der Waals surface area contributed by atoms with E-state index in [4.69, 9.17) is 0 Å². The van der Waals surface area contributed by atoms with Crippen LogP contribution in [0.1, 0.15) is 38.5 Å². The van der Waals surface area contributed by atoms with Gasteiger partial charge in [0.05, 0.1) is 5.75 Å². The first-order chi connectivity index (χ1) is 11.6. The predicted molar refractivity (Wildman–Crippen MR) is 114 cm³/mol. The molecule has 0 aromatic rings. The van der Waals surface area contributed by atoms with E-state index in [0.29, 0.717) is 19.6 Å². The fraction of sp³-hybridized carbons (Fsp3) is 0.938. The molecular formula is C16H34IN5O2S. The summed E-state index contributed by atoms with van der Waals surface area (Å²) in [6.45, 7) is 6.23. The van der Waals surface area contributed by atoms with Crippen molar-refractivity contribution >= 4 is 40.0 Å². The molecule has 148 valence electrons. The van der Waals surface area contributed by atoms with Gasteiger partial charge in [0, 0.05) is 33.2 Å². The van der Waals surface area contributed by atoms with E-state index >= 15 is 0 Å². The lowest BCUT2D eigenvalue weighted by atomic mass is 10.2. The molecule has 2 rings (SSSR count). The second-order valence-electron chi connectivity index (χ2n) is 6.60. The van der Waals surface area contributed by atoms with Gasteiger partial charge in [-0.2, -0.15) is 0 Å². The summed E-state index contributed by atoms with van der Waals surface area (Å²) in [5.74, 6) is 1.04. The smallest absolute Gasteiger partial charge is 0.214 e. The summed E-state index contributed by atoms with van der Waals surface area (Å²) in [6, 6.07) is 0.